The predicted octanol–water partition coefficient (Wildman–Crippen LogP) is 7.00. The van der Waals surface area contributed by atoms with Crippen molar-refractivity contribution < 1.29 is 0 Å². The average Bonchev–Trinajstić information content (AvgIpc) is 3.42. The number of benzene rings is 4. The molecular formula is C25H15N3S. The fraction of sp³-hybridized carbons (Fsp3) is 0. The summed E-state index contributed by atoms with van der Waals surface area (Å²) in [4.78, 5) is 8.42. The van der Waals surface area contributed by atoms with Crippen LogP contribution >= 0.6 is 11.3 Å². The van der Waals surface area contributed by atoms with Crippen LogP contribution in [0.4, 0.5) is 0 Å². The minimum Gasteiger partial charge on any atom is -0.323 e. The van der Waals surface area contributed by atoms with Gasteiger partial charge in [-0.05, 0) is 42.0 Å². The van der Waals surface area contributed by atoms with Gasteiger partial charge < -0.3 is 4.98 Å². The third-order valence-corrected chi connectivity index (χ3v) is 6.92. The molecule has 0 spiro atoms. The van der Waals surface area contributed by atoms with Crippen molar-refractivity contribution in [1.29, 1.82) is 0 Å². The van der Waals surface area contributed by atoms with E-state index in [1.165, 1.54) is 31.3 Å². The molecule has 0 atom stereocenters. The molecule has 7 aromatic rings. The third kappa shape index (κ3) is 2.04. The molecule has 0 bridgehead atoms. The number of imidazole rings is 2. The molecule has 3 nitrogen and oxygen atoms in total. The largest absolute Gasteiger partial charge is 0.323 e. The van der Waals surface area contributed by atoms with Gasteiger partial charge in [0, 0.05) is 25.7 Å². The Hall–Kier alpha value is -3.63. The molecule has 29 heavy (non-hydrogen) atoms. The number of thiophene rings is 1. The lowest BCUT2D eigenvalue weighted by Crippen LogP contribution is -1.83. The van der Waals surface area contributed by atoms with Crippen molar-refractivity contribution in [1.82, 2.24) is 14.4 Å². The summed E-state index contributed by atoms with van der Waals surface area (Å²) >= 11 is 1.85. The zero-order chi connectivity index (χ0) is 18.9. The number of hydrogen-bond acceptors (Lipinski definition) is 2. The summed E-state index contributed by atoms with van der Waals surface area (Å²) in [6.45, 7) is 0. The summed E-state index contributed by atoms with van der Waals surface area (Å²) in [5.41, 5.74) is 6.79. The smallest absolute Gasteiger partial charge is 0.213 e. The Morgan fingerprint density at radius 2 is 1.55 bits per heavy atom. The van der Waals surface area contributed by atoms with Gasteiger partial charge in [0.15, 0.2) is 0 Å². The molecule has 136 valence electrons. The number of rotatable bonds is 1. The lowest BCUT2D eigenvalue weighted by Gasteiger charge is -2.04. The molecule has 0 aliphatic heterocycles. The monoisotopic (exact) mass is 389 g/mol. The maximum absolute atomic E-state index is 4.97. The SMILES string of the molecule is c1ccc2c(c1)[nH]c1nc3c(-c4ccc5sc6ccccc6c5c4)cccc3n12. The van der Waals surface area contributed by atoms with E-state index in [4.69, 9.17) is 4.98 Å². The standard InChI is InChI=1S/C25H15N3S/c1-4-11-22-17(6-1)18-14-15(12-13-23(18)29-22)16-7-5-10-21-24(16)27-25-26-19-8-2-3-9-20(19)28(21)25/h1-14H,(H,26,27). The number of fused-ring (bicyclic) bond motifs is 8. The number of para-hydroxylation sites is 3. The van der Waals surface area contributed by atoms with Gasteiger partial charge >= 0.3 is 0 Å². The van der Waals surface area contributed by atoms with E-state index in [1.807, 2.05) is 17.4 Å². The molecule has 0 fully saturated rings. The van der Waals surface area contributed by atoms with Crippen molar-refractivity contribution in [3.63, 3.8) is 0 Å². The fourth-order valence-corrected chi connectivity index (χ4v) is 5.53. The zero-order valence-corrected chi connectivity index (χ0v) is 16.2. The van der Waals surface area contributed by atoms with Crippen molar-refractivity contribution >= 4 is 59.4 Å². The van der Waals surface area contributed by atoms with Gasteiger partial charge in [-0.15, -0.1) is 11.3 Å². The van der Waals surface area contributed by atoms with Gasteiger partial charge in [-0.25, -0.2) is 4.98 Å². The topological polar surface area (TPSA) is 33.1 Å². The number of nitrogens with one attached hydrogen (secondary N) is 1. The van der Waals surface area contributed by atoms with E-state index in [9.17, 15) is 0 Å². The normalized spacial score (nSPS) is 12.1. The van der Waals surface area contributed by atoms with Crippen LogP contribution in [0.3, 0.4) is 0 Å². The van der Waals surface area contributed by atoms with Gasteiger partial charge in [0.2, 0.25) is 5.78 Å². The van der Waals surface area contributed by atoms with Crippen molar-refractivity contribution in [2.24, 2.45) is 0 Å². The molecule has 0 saturated heterocycles. The molecule has 4 aromatic carbocycles. The van der Waals surface area contributed by atoms with Crippen LogP contribution in [0.5, 0.6) is 0 Å². The summed E-state index contributed by atoms with van der Waals surface area (Å²) in [6.07, 6.45) is 0. The minimum atomic E-state index is 0.885. The second kappa shape index (κ2) is 5.46. The third-order valence-electron chi connectivity index (χ3n) is 5.76. The lowest BCUT2D eigenvalue weighted by atomic mass is 10.0. The van der Waals surface area contributed by atoms with Crippen LogP contribution in [0.25, 0.3) is 59.1 Å². The average molecular weight is 389 g/mol. The van der Waals surface area contributed by atoms with E-state index >= 15 is 0 Å². The second-order valence-electron chi connectivity index (χ2n) is 7.40. The molecule has 0 aliphatic carbocycles. The van der Waals surface area contributed by atoms with Crippen LogP contribution in [0.15, 0.2) is 84.9 Å². The highest BCUT2D eigenvalue weighted by Gasteiger charge is 2.15. The molecule has 4 heteroatoms. The molecular weight excluding hydrogens is 374 g/mol. The Bertz CT molecular complexity index is 1710. The summed E-state index contributed by atoms with van der Waals surface area (Å²) in [5.74, 6) is 0.885. The van der Waals surface area contributed by atoms with Gasteiger partial charge in [-0.2, -0.15) is 0 Å². The van der Waals surface area contributed by atoms with Gasteiger partial charge in [-0.1, -0.05) is 48.5 Å². The van der Waals surface area contributed by atoms with Gasteiger partial charge in [0.25, 0.3) is 0 Å². The van der Waals surface area contributed by atoms with E-state index in [1.54, 1.807) is 0 Å². The first-order chi connectivity index (χ1) is 14.4. The minimum absolute atomic E-state index is 0.885. The molecule has 0 amide bonds. The molecule has 0 unspecified atom stereocenters. The number of aromatic nitrogens is 3. The summed E-state index contributed by atoms with van der Waals surface area (Å²) in [5, 5.41) is 2.64. The van der Waals surface area contributed by atoms with Gasteiger partial charge in [-0.3, -0.25) is 4.40 Å². The molecule has 0 radical (unpaired) electrons. The predicted molar refractivity (Wildman–Crippen MR) is 123 cm³/mol. The number of aromatic amines is 1. The number of H-pyrrole nitrogens is 1. The van der Waals surface area contributed by atoms with E-state index < -0.39 is 0 Å². The van der Waals surface area contributed by atoms with Gasteiger partial charge in [0.05, 0.1) is 22.1 Å². The molecule has 1 N–H and O–H groups in total. The highest BCUT2D eigenvalue weighted by molar-refractivity contribution is 7.25. The summed E-state index contributed by atoms with van der Waals surface area (Å²) < 4.78 is 4.87. The van der Waals surface area contributed by atoms with Crippen molar-refractivity contribution in [3.05, 3.63) is 84.9 Å². The molecule has 3 heterocycles. The zero-order valence-electron chi connectivity index (χ0n) is 15.4. The highest BCUT2D eigenvalue weighted by Crippen LogP contribution is 2.38. The van der Waals surface area contributed by atoms with E-state index in [0.29, 0.717) is 0 Å². The van der Waals surface area contributed by atoms with Crippen LogP contribution in [0.2, 0.25) is 0 Å². The van der Waals surface area contributed by atoms with Crippen LogP contribution in [-0.2, 0) is 0 Å². The number of hydrogen-bond donors (Lipinski definition) is 1. The van der Waals surface area contributed by atoms with E-state index in [2.05, 4.69) is 88.2 Å². The Kier molecular flexibility index (Phi) is 2.88. The molecule has 0 saturated carbocycles. The number of nitrogens with zero attached hydrogens (tertiary/aromatic N) is 2. The van der Waals surface area contributed by atoms with Crippen LogP contribution in [-0.4, -0.2) is 14.4 Å². The first-order valence-electron chi connectivity index (χ1n) is 9.66. The van der Waals surface area contributed by atoms with Crippen molar-refractivity contribution in [2.75, 3.05) is 0 Å². The highest BCUT2D eigenvalue weighted by atomic mass is 32.1. The molecule has 3 aromatic heterocycles. The first kappa shape index (κ1) is 15.3. The van der Waals surface area contributed by atoms with Gasteiger partial charge in [0.1, 0.15) is 0 Å². The van der Waals surface area contributed by atoms with Crippen LogP contribution in [0, 0.1) is 0 Å². The Morgan fingerprint density at radius 1 is 0.724 bits per heavy atom. The quantitative estimate of drug-likeness (QED) is 0.322. The van der Waals surface area contributed by atoms with Crippen molar-refractivity contribution in [2.45, 2.75) is 0 Å². The lowest BCUT2D eigenvalue weighted by molar-refractivity contribution is 1.28. The van der Waals surface area contributed by atoms with E-state index in [-0.39, 0.29) is 0 Å². The fourth-order valence-electron chi connectivity index (χ4n) is 4.45. The van der Waals surface area contributed by atoms with E-state index in [0.717, 1.165) is 27.8 Å². The molecule has 0 aliphatic rings. The first-order valence-corrected chi connectivity index (χ1v) is 10.5. The Labute approximate surface area is 169 Å². The summed E-state index contributed by atoms with van der Waals surface area (Å²) in [7, 11) is 0. The Balaban J connectivity index is 1.55. The molecule has 7 rings (SSSR count). The Morgan fingerprint density at radius 3 is 2.55 bits per heavy atom. The second-order valence-corrected chi connectivity index (χ2v) is 8.48. The van der Waals surface area contributed by atoms with Crippen molar-refractivity contribution in [3.8, 4) is 11.1 Å². The van der Waals surface area contributed by atoms with Crippen LogP contribution < -0.4 is 0 Å². The summed E-state index contributed by atoms with van der Waals surface area (Å²) in [6, 6.07) is 30.2. The maximum Gasteiger partial charge on any atom is 0.213 e. The maximum atomic E-state index is 4.97. The van der Waals surface area contributed by atoms with Crippen LogP contribution in [0.1, 0.15) is 0 Å².